The zero-order chi connectivity index (χ0) is 25.4. The third-order valence-corrected chi connectivity index (χ3v) is 5.59. The number of carbonyl (C=O) groups is 4. The van der Waals surface area contributed by atoms with Crippen molar-refractivity contribution in [3.63, 3.8) is 0 Å². The molecule has 1 N–H and O–H groups in total. The number of hydrogen-bond acceptors (Lipinski definition) is 8. The van der Waals surface area contributed by atoms with E-state index < -0.39 is 35.5 Å². The summed E-state index contributed by atoms with van der Waals surface area (Å²) in [5.74, 6) is -6.43. The maximum absolute atomic E-state index is 12.9. The summed E-state index contributed by atoms with van der Waals surface area (Å²) in [5, 5.41) is 5.35. The lowest BCUT2D eigenvalue weighted by Gasteiger charge is -2.26. The van der Waals surface area contributed by atoms with Crippen LogP contribution in [0.2, 0.25) is 0 Å². The van der Waals surface area contributed by atoms with Gasteiger partial charge in [0.15, 0.2) is 0 Å². The van der Waals surface area contributed by atoms with Crippen molar-refractivity contribution < 1.29 is 33.4 Å². The topological polar surface area (TPSA) is 108 Å². The molecule has 0 fully saturated rings. The SMILES string of the molecule is CCOC(=O)[C@@H](/C(C(=O)OC)=C(\C)N[C@@H](C)c1ccc2ccccc2c1)[C@@H](C(C)=O)C(=O)OC. The van der Waals surface area contributed by atoms with Crippen LogP contribution >= 0.6 is 0 Å². The van der Waals surface area contributed by atoms with E-state index in [0.717, 1.165) is 37.5 Å². The Bertz CT molecular complexity index is 1110. The molecule has 0 amide bonds. The van der Waals surface area contributed by atoms with E-state index in [2.05, 4.69) is 5.32 Å². The molecule has 2 aromatic carbocycles. The number of ether oxygens (including phenoxy) is 3. The van der Waals surface area contributed by atoms with Gasteiger partial charge in [-0.15, -0.1) is 0 Å². The van der Waals surface area contributed by atoms with Gasteiger partial charge in [-0.1, -0.05) is 36.4 Å². The summed E-state index contributed by atoms with van der Waals surface area (Å²) in [7, 11) is 2.26. The number of Topliss-reactive ketones (excluding diaryl/α,β-unsaturated/α-hetero) is 1. The highest BCUT2D eigenvalue weighted by molar-refractivity contribution is 6.06. The summed E-state index contributed by atoms with van der Waals surface area (Å²) in [6, 6.07) is 13.6. The second kappa shape index (κ2) is 12.0. The fraction of sp³-hybridized carbons (Fsp3) is 0.385. The van der Waals surface area contributed by atoms with Crippen molar-refractivity contribution in [2.24, 2.45) is 11.8 Å². The van der Waals surface area contributed by atoms with Crippen LogP contribution in [-0.4, -0.2) is 44.5 Å². The Balaban J connectivity index is 2.57. The highest BCUT2D eigenvalue weighted by atomic mass is 16.5. The predicted molar refractivity (Wildman–Crippen MR) is 127 cm³/mol. The van der Waals surface area contributed by atoms with Gasteiger partial charge in [0.1, 0.15) is 17.6 Å². The summed E-state index contributed by atoms with van der Waals surface area (Å²) in [5.41, 5.74) is 1.05. The average Bonchev–Trinajstić information content (AvgIpc) is 2.82. The Labute approximate surface area is 199 Å². The highest BCUT2D eigenvalue weighted by Gasteiger charge is 2.45. The molecule has 8 heteroatoms. The number of carbonyl (C=O) groups excluding carboxylic acids is 4. The van der Waals surface area contributed by atoms with Gasteiger partial charge in [-0.05, 0) is 50.1 Å². The standard InChI is InChI=1S/C26H31NO7/c1-7-34-26(31)23(22(17(4)28)25(30)33-6)21(24(29)32-5)16(3)27-15(2)19-13-12-18-10-8-9-11-20(18)14-19/h8-15,22-23,27H,7H2,1-6H3/b21-16-/t15-,22+,23-/m0/s1. The number of esters is 3. The Morgan fingerprint density at radius 1 is 0.882 bits per heavy atom. The normalized spacial score (nSPS) is 14.3. The lowest BCUT2D eigenvalue weighted by Crippen LogP contribution is -2.41. The quantitative estimate of drug-likeness (QED) is 0.244. The van der Waals surface area contributed by atoms with Crippen molar-refractivity contribution >= 4 is 34.5 Å². The Kier molecular flexibility index (Phi) is 9.36. The minimum Gasteiger partial charge on any atom is -0.468 e. The number of allylic oxidation sites excluding steroid dienone is 1. The van der Waals surface area contributed by atoms with Crippen molar-refractivity contribution in [3.8, 4) is 0 Å². The molecule has 0 aromatic heterocycles. The molecule has 0 radical (unpaired) electrons. The minimum absolute atomic E-state index is 0.00441. The van der Waals surface area contributed by atoms with Crippen molar-refractivity contribution in [2.45, 2.75) is 33.7 Å². The summed E-state index contributed by atoms with van der Waals surface area (Å²) in [6.07, 6.45) is 0. The predicted octanol–water partition coefficient (Wildman–Crippen LogP) is 3.49. The monoisotopic (exact) mass is 469 g/mol. The van der Waals surface area contributed by atoms with E-state index in [9.17, 15) is 19.2 Å². The molecule has 0 saturated carbocycles. The van der Waals surface area contributed by atoms with Crippen LogP contribution in [0.25, 0.3) is 10.8 Å². The van der Waals surface area contributed by atoms with E-state index in [0.29, 0.717) is 0 Å². The summed E-state index contributed by atoms with van der Waals surface area (Å²) in [6.45, 7) is 6.22. The van der Waals surface area contributed by atoms with Crippen LogP contribution in [0.1, 0.15) is 39.3 Å². The zero-order valence-electron chi connectivity index (χ0n) is 20.3. The molecule has 0 aliphatic rings. The summed E-state index contributed by atoms with van der Waals surface area (Å²) >= 11 is 0. The van der Waals surface area contributed by atoms with E-state index in [1.165, 1.54) is 0 Å². The molecule has 3 atom stereocenters. The number of fused-ring (bicyclic) bond motifs is 1. The highest BCUT2D eigenvalue weighted by Crippen LogP contribution is 2.29. The van der Waals surface area contributed by atoms with Gasteiger partial charge in [0, 0.05) is 11.7 Å². The van der Waals surface area contributed by atoms with Crippen LogP contribution in [-0.2, 0) is 33.4 Å². The van der Waals surface area contributed by atoms with E-state index in [-0.39, 0.29) is 23.9 Å². The molecule has 34 heavy (non-hydrogen) atoms. The average molecular weight is 470 g/mol. The van der Waals surface area contributed by atoms with Crippen LogP contribution in [0.5, 0.6) is 0 Å². The van der Waals surface area contributed by atoms with Gasteiger partial charge in [-0.3, -0.25) is 14.4 Å². The van der Waals surface area contributed by atoms with Crippen LogP contribution in [0.3, 0.4) is 0 Å². The smallest absolute Gasteiger partial charge is 0.336 e. The first-order valence-corrected chi connectivity index (χ1v) is 10.9. The van der Waals surface area contributed by atoms with Gasteiger partial charge < -0.3 is 19.5 Å². The van der Waals surface area contributed by atoms with E-state index in [4.69, 9.17) is 14.2 Å². The molecule has 0 heterocycles. The van der Waals surface area contributed by atoms with Gasteiger partial charge in [-0.2, -0.15) is 0 Å². The Morgan fingerprint density at radius 3 is 2.09 bits per heavy atom. The summed E-state index contributed by atoms with van der Waals surface area (Å²) in [4.78, 5) is 50.6. The third-order valence-electron chi connectivity index (χ3n) is 5.59. The van der Waals surface area contributed by atoms with Crippen LogP contribution in [0.15, 0.2) is 53.7 Å². The molecule has 2 rings (SSSR count). The minimum atomic E-state index is -1.56. The number of benzene rings is 2. The molecular weight excluding hydrogens is 438 g/mol. The van der Waals surface area contributed by atoms with Gasteiger partial charge in [-0.25, -0.2) is 4.79 Å². The molecule has 0 bridgehead atoms. The number of ketones is 1. The second-order valence-corrected chi connectivity index (χ2v) is 7.84. The number of hydrogen-bond donors (Lipinski definition) is 1. The first-order chi connectivity index (χ1) is 16.2. The molecule has 182 valence electrons. The first-order valence-electron chi connectivity index (χ1n) is 10.9. The maximum Gasteiger partial charge on any atom is 0.336 e. The zero-order valence-corrected chi connectivity index (χ0v) is 20.3. The van der Waals surface area contributed by atoms with Gasteiger partial charge >= 0.3 is 17.9 Å². The van der Waals surface area contributed by atoms with Gasteiger partial charge in [0.2, 0.25) is 0 Å². The van der Waals surface area contributed by atoms with Gasteiger partial charge in [0.25, 0.3) is 0 Å². The lowest BCUT2D eigenvalue weighted by molar-refractivity contribution is -0.161. The van der Waals surface area contributed by atoms with Crippen LogP contribution in [0.4, 0.5) is 0 Å². The fourth-order valence-electron chi connectivity index (χ4n) is 3.90. The summed E-state index contributed by atoms with van der Waals surface area (Å²) < 4.78 is 14.8. The Hall–Kier alpha value is -3.68. The van der Waals surface area contributed by atoms with Crippen molar-refractivity contribution in [1.82, 2.24) is 5.32 Å². The van der Waals surface area contributed by atoms with E-state index in [1.54, 1.807) is 13.8 Å². The van der Waals surface area contributed by atoms with Crippen LogP contribution in [0, 0.1) is 11.8 Å². The third kappa shape index (κ3) is 6.01. The number of nitrogens with one attached hydrogen (secondary N) is 1. The molecule has 8 nitrogen and oxygen atoms in total. The molecular formula is C26H31NO7. The molecule has 0 spiro atoms. The largest absolute Gasteiger partial charge is 0.468 e. The number of methoxy groups -OCH3 is 2. The molecule has 0 aliphatic heterocycles. The second-order valence-electron chi connectivity index (χ2n) is 7.84. The maximum atomic E-state index is 12.9. The molecule has 0 unspecified atom stereocenters. The molecule has 2 aromatic rings. The van der Waals surface area contributed by atoms with Crippen molar-refractivity contribution in [3.05, 3.63) is 59.3 Å². The lowest BCUT2D eigenvalue weighted by atomic mass is 9.82. The van der Waals surface area contributed by atoms with Crippen molar-refractivity contribution in [2.75, 3.05) is 20.8 Å². The molecule has 0 saturated heterocycles. The first kappa shape index (κ1) is 26.6. The fourth-order valence-corrected chi connectivity index (χ4v) is 3.90. The number of rotatable bonds is 10. The Morgan fingerprint density at radius 2 is 1.53 bits per heavy atom. The van der Waals surface area contributed by atoms with Gasteiger partial charge in [0.05, 0.1) is 26.4 Å². The van der Waals surface area contributed by atoms with Crippen LogP contribution < -0.4 is 5.32 Å². The van der Waals surface area contributed by atoms with Crippen molar-refractivity contribution in [1.29, 1.82) is 0 Å². The van der Waals surface area contributed by atoms with E-state index in [1.807, 2.05) is 49.4 Å². The molecule has 0 aliphatic carbocycles. The van der Waals surface area contributed by atoms with E-state index >= 15 is 0 Å².